The second-order valence-electron chi connectivity index (χ2n) is 3.51. The van der Waals surface area contributed by atoms with Crippen molar-refractivity contribution in [3.8, 4) is 0 Å². The minimum Gasteiger partial charge on any atom is -0.479 e. The first-order valence-corrected chi connectivity index (χ1v) is 5.83. The lowest BCUT2D eigenvalue weighted by Crippen LogP contribution is -2.37. The maximum Gasteiger partial charge on any atom is 0.334 e. The van der Waals surface area contributed by atoms with E-state index in [1.54, 1.807) is 12.1 Å². The molecule has 1 atom stereocenters. The van der Waals surface area contributed by atoms with Gasteiger partial charge in [-0.2, -0.15) is 0 Å². The van der Waals surface area contributed by atoms with Crippen LogP contribution in [0.25, 0.3) is 0 Å². The molecule has 0 radical (unpaired) electrons. The number of nitrogen functional groups attached to an aromatic ring is 1. The van der Waals surface area contributed by atoms with Crippen LogP contribution in [0.3, 0.4) is 0 Å². The third-order valence-corrected chi connectivity index (χ3v) is 2.93. The van der Waals surface area contributed by atoms with Gasteiger partial charge >= 0.3 is 5.97 Å². The van der Waals surface area contributed by atoms with E-state index in [4.69, 9.17) is 15.6 Å². The number of nitrogens with two attached hydrogens (primary N) is 1. The number of nitrogens with one attached hydrogen (secondary N) is 1. The highest BCUT2D eigenvalue weighted by Gasteiger charge is 2.18. The van der Waals surface area contributed by atoms with Gasteiger partial charge in [0, 0.05) is 17.3 Å². The van der Waals surface area contributed by atoms with E-state index in [1.807, 2.05) is 0 Å². The van der Waals surface area contributed by atoms with E-state index < -0.39 is 18.0 Å². The number of anilines is 1. The van der Waals surface area contributed by atoms with Crippen LogP contribution in [0.1, 0.15) is 10.4 Å². The van der Waals surface area contributed by atoms with Crippen LogP contribution in [0, 0.1) is 0 Å². The number of ether oxygens (including phenoxy) is 1. The second-order valence-corrected chi connectivity index (χ2v) is 4.37. The Morgan fingerprint density at radius 1 is 1.56 bits per heavy atom. The summed E-state index contributed by atoms with van der Waals surface area (Å²) in [6.07, 6.45) is -1.08. The highest BCUT2D eigenvalue weighted by molar-refractivity contribution is 9.10. The second kappa shape index (κ2) is 6.36. The first-order chi connectivity index (χ1) is 8.45. The van der Waals surface area contributed by atoms with Crippen LogP contribution < -0.4 is 11.1 Å². The summed E-state index contributed by atoms with van der Waals surface area (Å²) in [5.74, 6) is -1.55. The van der Waals surface area contributed by atoms with Crippen LogP contribution >= 0.6 is 15.9 Å². The van der Waals surface area contributed by atoms with Crippen molar-refractivity contribution < 1.29 is 19.4 Å². The van der Waals surface area contributed by atoms with Gasteiger partial charge in [0.15, 0.2) is 6.10 Å². The molecule has 1 unspecified atom stereocenters. The number of halogens is 1. The predicted molar refractivity (Wildman–Crippen MR) is 69.3 cm³/mol. The van der Waals surface area contributed by atoms with Crippen molar-refractivity contribution in [3.05, 3.63) is 28.2 Å². The molecule has 0 fully saturated rings. The summed E-state index contributed by atoms with van der Waals surface area (Å²) >= 11 is 3.22. The quantitative estimate of drug-likeness (QED) is 0.699. The first-order valence-electron chi connectivity index (χ1n) is 5.04. The molecule has 1 amide bonds. The smallest absolute Gasteiger partial charge is 0.334 e. The fourth-order valence-corrected chi connectivity index (χ4v) is 1.70. The Hall–Kier alpha value is -1.60. The number of carboxylic acid groups (broad SMARTS) is 1. The number of carbonyl (C=O) groups is 2. The number of benzene rings is 1. The van der Waals surface area contributed by atoms with E-state index in [2.05, 4.69) is 21.2 Å². The highest BCUT2D eigenvalue weighted by atomic mass is 79.9. The number of hydrogen-bond acceptors (Lipinski definition) is 4. The number of aliphatic carboxylic acids is 1. The number of carboxylic acids is 1. The SMILES string of the molecule is COC(CNC(=O)c1cc(N)ccc1Br)C(=O)O. The zero-order valence-corrected chi connectivity index (χ0v) is 11.2. The van der Waals surface area contributed by atoms with Gasteiger partial charge in [0.2, 0.25) is 0 Å². The van der Waals surface area contributed by atoms with Crippen molar-refractivity contribution in [3.63, 3.8) is 0 Å². The summed E-state index contributed by atoms with van der Waals surface area (Å²) < 4.78 is 5.28. The summed E-state index contributed by atoms with van der Waals surface area (Å²) in [5.41, 5.74) is 6.37. The van der Waals surface area contributed by atoms with Crippen LogP contribution in [-0.2, 0) is 9.53 Å². The molecular weight excluding hydrogens is 304 g/mol. The molecule has 0 aliphatic rings. The minimum absolute atomic E-state index is 0.119. The van der Waals surface area contributed by atoms with Gasteiger partial charge in [0.1, 0.15) is 0 Å². The van der Waals surface area contributed by atoms with E-state index in [0.717, 1.165) is 0 Å². The highest BCUT2D eigenvalue weighted by Crippen LogP contribution is 2.19. The molecule has 6 nitrogen and oxygen atoms in total. The van der Waals surface area contributed by atoms with Gasteiger partial charge < -0.3 is 20.9 Å². The average Bonchev–Trinajstić information content (AvgIpc) is 2.32. The molecule has 0 saturated carbocycles. The summed E-state index contributed by atoms with van der Waals surface area (Å²) in [5, 5.41) is 11.2. The van der Waals surface area contributed by atoms with Crippen molar-refractivity contribution in [2.24, 2.45) is 0 Å². The number of hydrogen-bond donors (Lipinski definition) is 3. The molecular formula is C11H13BrN2O4. The molecule has 0 saturated heterocycles. The van der Waals surface area contributed by atoms with Gasteiger partial charge in [-0.1, -0.05) is 0 Å². The molecule has 0 aliphatic carbocycles. The van der Waals surface area contributed by atoms with Crippen LogP contribution in [0.2, 0.25) is 0 Å². The van der Waals surface area contributed by atoms with Gasteiger partial charge in [0.05, 0.1) is 12.1 Å². The molecule has 1 rings (SSSR count). The molecule has 4 N–H and O–H groups in total. The van der Waals surface area contributed by atoms with E-state index in [9.17, 15) is 9.59 Å². The van der Waals surface area contributed by atoms with Gasteiger partial charge in [-0.15, -0.1) is 0 Å². The Balaban J connectivity index is 2.71. The molecule has 18 heavy (non-hydrogen) atoms. The standard InChI is InChI=1S/C11H13BrN2O4/c1-18-9(11(16)17)5-14-10(15)7-4-6(13)2-3-8(7)12/h2-4,9H,5,13H2,1H3,(H,14,15)(H,16,17). The fourth-order valence-electron chi connectivity index (χ4n) is 1.27. The summed E-state index contributed by atoms with van der Waals surface area (Å²) in [4.78, 5) is 22.5. The van der Waals surface area contributed by atoms with Crippen molar-refractivity contribution in [1.82, 2.24) is 5.32 Å². The third-order valence-electron chi connectivity index (χ3n) is 2.24. The Labute approximate surface area is 112 Å². The Kier molecular flexibility index (Phi) is 5.11. The zero-order valence-electron chi connectivity index (χ0n) is 9.64. The first kappa shape index (κ1) is 14.5. The molecule has 0 bridgehead atoms. The fraction of sp³-hybridized carbons (Fsp3) is 0.273. The van der Waals surface area contributed by atoms with E-state index >= 15 is 0 Å². The monoisotopic (exact) mass is 316 g/mol. The summed E-state index contributed by atoms with van der Waals surface area (Å²) in [7, 11) is 1.27. The van der Waals surface area contributed by atoms with Crippen molar-refractivity contribution in [1.29, 1.82) is 0 Å². The maximum atomic E-state index is 11.8. The normalized spacial score (nSPS) is 11.9. The van der Waals surface area contributed by atoms with Crippen molar-refractivity contribution >= 4 is 33.5 Å². The Morgan fingerprint density at radius 2 is 2.22 bits per heavy atom. The number of carbonyl (C=O) groups excluding carboxylic acids is 1. The molecule has 1 aromatic rings. The molecule has 0 aliphatic heterocycles. The van der Waals surface area contributed by atoms with Crippen LogP contribution in [-0.4, -0.2) is 36.7 Å². The molecule has 0 aromatic heterocycles. The van der Waals surface area contributed by atoms with Gasteiger partial charge in [-0.05, 0) is 34.1 Å². The largest absolute Gasteiger partial charge is 0.479 e. The molecule has 0 heterocycles. The lowest BCUT2D eigenvalue weighted by Gasteiger charge is -2.12. The zero-order chi connectivity index (χ0) is 13.7. The van der Waals surface area contributed by atoms with Crippen molar-refractivity contribution in [2.45, 2.75) is 6.10 Å². The lowest BCUT2D eigenvalue weighted by atomic mass is 10.2. The summed E-state index contributed by atoms with van der Waals surface area (Å²) in [6, 6.07) is 4.80. The minimum atomic E-state index is -1.13. The maximum absolute atomic E-state index is 11.8. The van der Waals surface area contributed by atoms with Crippen molar-refractivity contribution in [2.75, 3.05) is 19.4 Å². The molecule has 98 valence electrons. The van der Waals surface area contributed by atoms with E-state index in [0.29, 0.717) is 15.7 Å². The topological polar surface area (TPSA) is 102 Å². The van der Waals surface area contributed by atoms with E-state index in [-0.39, 0.29) is 6.54 Å². The lowest BCUT2D eigenvalue weighted by molar-refractivity contribution is -0.148. The number of methoxy groups -OCH3 is 1. The molecule has 7 heteroatoms. The van der Waals surface area contributed by atoms with Gasteiger partial charge in [-0.25, -0.2) is 4.79 Å². The molecule has 0 spiro atoms. The van der Waals surface area contributed by atoms with Crippen LogP contribution in [0.15, 0.2) is 22.7 Å². The van der Waals surface area contributed by atoms with Crippen LogP contribution in [0.4, 0.5) is 5.69 Å². The number of amides is 1. The number of rotatable bonds is 5. The van der Waals surface area contributed by atoms with Crippen LogP contribution in [0.5, 0.6) is 0 Å². The Bertz CT molecular complexity index is 464. The summed E-state index contributed by atoms with van der Waals surface area (Å²) in [6.45, 7) is -0.119. The third kappa shape index (κ3) is 3.71. The Morgan fingerprint density at radius 3 is 2.78 bits per heavy atom. The van der Waals surface area contributed by atoms with E-state index in [1.165, 1.54) is 13.2 Å². The predicted octanol–water partition coefficient (Wildman–Crippen LogP) is 0.861. The van der Waals surface area contributed by atoms with Gasteiger partial charge in [0.25, 0.3) is 5.91 Å². The average molecular weight is 317 g/mol. The molecule has 1 aromatic carbocycles. The van der Waals surface area contributed by atoms with Gasteiger partial charge in [-0.3, -0.25) is 4.79 Å².